The van der Waals surface area contributed by atoms with Gasteiger partial charge in [-0.2, -0.15) is 0 Å². The van der Waals surface area contributed by atoms with Crippen molar-refractivity contribution in [3.05, 3.63) is 0 Å². The van der Waals surface area contributed by atoms with E-state index >= 15 is 0 Å². The number of carbonyl (C=O) groups excluding carboxylic acids is 1. The van der Waals surface area contributed by atoms with Gasteiger partial charge >= 0.3 is 6.03 Å². The van der Waals surface area contributed by atoms with E-state index in [4.69, 9.17) is 5.11 Å². The topological polar surface area (TPSA) is 43.8 Å². The maximum atomic E-state index is 11.6. The van der Waals surface area contributed by atoms with Crippen molar-refractivity contribution in [3.63, 3.8) is 0 Å². The summed E-state index contributed by atoms with van der Waals surface area (Å²) < 4.78 is 0. The van der Waals surface area contributed by atoms with Gasteiger partial charge in [-0.1, -0.05) is 0 Å². The lowest BCUT2D eigenvalue weighted by Crippen LogP contribution is -2.42. The first-order chi connectivity index (χ1) is 6.16. The summed E-state index contributed by atoms with van der Waals surface area (Å²) in [6.45, 7) is 1.00. The van der Waals surface area contributed by atoms with Gasteiger partial charge in [-0.05, 0) is 19.3 Å². The van der Waals surface area contributed by atoms with Gasteiger partial charge in [0.25, 0.3) is 0 Å². The summed E-state index contributed by atoms with van der Waals surface area (Å²) in [7, 11) is 3.52. The second kappa shape index (κ2) is 4.46. The first-order valence-electron chi connectivity index (χ1n) is 4.75. The van der Waals surface area contributed by atoms with Gasteiger partial charge < -0.3 is 14.9 Å². The highest BCUT2D eigenvalue weighted by molar-refractivity contribution is 5.74. The summed E-state index contributed by atoms with van der Waals surface area (Å²) in [5.74, 6) is 0. The lowest BCUT2D eigenvalue weighted by molar-refractivity contribution is 0.155. The molecule has 4 nitrogen and oxygen atoms in total. The molecule has 76 valence electrons. The van der Waals surface area contributed by atoms with Gasteiger partial charge in [-0.25, -0.2) is 4.79 Å². The molecule has 0 radical (unpaired) electrons. The van der Waals surface area contributed by atoms with Gasteiger partial charge in [0.2, 0.25) is 0 Å². The zero-order chi connectivity index (χ0) is 9.84. The highest BCUT2D eigenvalue weighted by atomic mass is 16.3. The summed E-state index contributed by atoms with van der Waals surface area (Å²) in [6.07, 6.45) is 2.80. The number of aliphatic hydroxyl groups excluding tert-OH is 1. The molecule has 1 N–H and O–H groups in total. The summed E-state index contributed by atoms with van der Waals surface area (Å²) in [5, 5.41) is 8.81. The van der Waals surface area contributed by atoms with Gasteiger partial charge in [0.05, 0.1) is 0 Å². The van der Waals surface area contributed by atoms with Crippen LogP contribution < -0.4 is 0 Å². The fraction of sp³-hybridized carbons (Fsp3) is 0.889. The fourth-order valence-corrected chi connectivity index (χ4v) is 1.79. The van der Waals surface area contributed by atoms with E-state index in [9.17, 15) is 4.79 Å². The normalized spacial score (nSPS) is 22.1. The van der Waals surface area contributed by atoms with E-state index < -0.39 is 0 Å². The molecule has 13 heavy (non-hydrogen) atoms. The highest BCUT2D eigenvalue weighted by Crippen LogP contribution is 2.20. The Kier molecular flexibility index (Phi) is 3.54. The SMILES string of the molecule is CN(C)C(=O)N1CCCC1CCO. The van der Waals surface area contributed by atoms with E-state index in [1.165, 1.54) is 0 Å². The Morgan fingerprint density at radius 1 is 1.62 bits per heavy atom. The van der Waals surface area contributed by atoms with Crippen LogP contribution >= 0.6 is 0 Å². The second-order valence-corrected chi connectivity index (χ2v) is 3.68. The Bertz CT molecular complexity index is 182. The van der Waals surface area contributed by atoms with Crippen molar-refractivity contribution in [2.75, 3.05) is 27.2 Å². The first-order valence-corrected chi connectivity index (χ1v) is 4.75. The third-order valence-electron chi connectivity index (χ3n) is 2.47. The van der Waals surface area contributed by atoms with Crippen molar-refractivity contribution in [2.24, 2.45) is 0 Å². The number of hydrogen-bond donors (Lipinski definition) is 1. The summed E-state index contributed by atoms with van der Waals surface area (Å²) >= 11 is 0. The molecule has 0 aromatic rings. The van der Waals surface area contributed by atoms with Crippen molar-refractivity contribution in [1.82, 2.24) is 9.80 Å². The van der Waals surface area contributed by atoms with Crippen LogP contribution in [0.5, 0.6) is 0 Å². The molecular formula is C9H18N2O2. The second-order valence-electron chi connectivity index (χ2n) is 3.68. The zero-order valence-corrected chi connectivity index (χ0v) is 8.36. The van der Waals surface area contributed by atoms with Crippen molar-refractivity contribution in [2.45, 2.75) is 25.3 Å². The van der Waals surface area contributed by atoms with Crippen LogP contribution in [0, 0.1) is 0 Å². The summed E-state index contributed by atoms with van der Waals surface area (Å²) in [5.41, 5.74) is 0. The Hall–Kier alpha value is -0.770. The molecule has 1 rings (SSSR count). The van der Waals surface area contributed by atoms with E-state index in [0.29, 0.717) is 6.42 Å². The monoisotopic (exact) mass is 186 g/mol. The van der Waals surface area contributed by atoms with E-state index in [1.54, 1.807) is 19.0 Å². The number of nitrogens with zero attached hydrogens (tertiary/aromatic N) is 2. The lowest BCUT2D eigenvalue weighted by Gasteiger charge is -2.27. The molecule has 1 saturated heterocycles. The van der Waals surface area contributed by atoms with Crippen molar-refractivity contribution in [3.8, 4) is 0 Å². The number of amides is 2. The number of carbonyl (C=O) groups is 1. The average Bonchev–Trinajstić information content (AvgIpc) is 2.52. The number of aliphatic hydroxyl groups is 1. The van der Waals surface area contributed by atoms with Crippen molar-refractivity contribution in [1.29, 1.82) is 0 Å². The Labute approximate surface area is 79.1 Å². The standard InChI is InChI=1S/C9H18N2O2/c1-10(2)9(13)11-6-3-4-8(11)5-7-12/h8,12H,3-7H2,1-2H3. The quantitative estimate of drug-likeness (QED) is 0.683. The number of rotatable bonds is 2. The minimum Gasteiger partial charge on any atom is -0.396 e. The first kappa shape index (κ1) is 10.3. The molecule has 4 heteroatoms. The smallest absolute Gasteiger partial charge is 0.319 e. The predicted octanol–water partition coefficient (Wildman–Crippen LogP) is 0.515. The molecule has 0 aromatic heterocycles. The molecule has 0 aliphatic carbocycles. The lowest BCUT2D eigenvalue weighted by atomic mass is 10.1. The van der Waals surface area contributed by atoms with E-state index in [-0.39, 0.29) is 18.7 Å². The summed E-state index contributed by atoms with van der Waals surface area (Å²) in [4.78, 5) is 15.1. The Morgan fingerprint density at radius 3 is 2.85 bits per heavy atom. The predicted molar refractivity (Wildman–Crippen MR) is 50.5 cm³/mol. The van der Waals surface area contributed by atoms with E-state index in [0.717, 1.165) is 19.4 Å². The van der Waals surface area contributed by atoms with Crippen LogP contribution in [0.3, 0.4) is 0 Å². The Morgan fingerprint density at radius 2 is 2.31 bits per heavy atom. The van der Waals surface area contributed by atoms with Crippen LogP contribution in [0.25, 0.3) is 0 Å². The van der Waals surface area contributed by atoms with Crippen molar-refractivity contribution >= 4 is 6.03 Å². The maximum Gasteiger partial charge on any atom is 0.319 e. The molecule has 0 saturated carbocycles. The largest absolute Gasteiger partial charge is 0.396 e. The minimum absolute atomic E-state index is 0.0657. The van der Waals surface area contributed by atoms with Crippen LogP contribution in [-0.2, 0) is 0 Å². The fourth-order valence-electron chi connectivity index (χ4n) is 1.79. The average molecular weight is 186 g/mol. The maximum absolute atomic E-state index is 11.6. The van der Waals surface area contributed by atoms with Gasteiger partial charge in [-0.15, -0.1) is 0 Å². The Balaban J connectivity index is 2.52. The van der Waals surface area contributed by atoms with E-state index in [2.05, 4.69) is 0 Å². The molecule has 1 aliphatic heterocycles. The van der Waals surface area contributed by atoms with Crippen LogP contribution in [0.1, 0.15) is 19.3 Å². The van der Waals surface area contributed by atoms with E-state index in [1.807, 2.05) is 4.90 Å². The number of hydrogen-bond acceptors (Lipinski definition) is 2. The molecule has 1 heterocycles. The highest BCUT2D eigenvalue weighted by Gasteiger charge is 2.28. The molecule has 1 aliphatic rings. The molecule has 1 fully saturated rings. The number of likely N-dealkylation sites (tertiary alicyclic amines) is 1. The molecule has 2 amide bonds. The third-order valence-corrected chi connectivity index (χ3v) is 2.47. The van der Waals surface area contributed by atoms with Crippen LogP contribution in [-0.4, -0.2) is 54.2 Å². The molecule has 1 unspecified atom stereocenters. The van der Waals surface area contributed by atoms with Crippen LogP contribution in [0.4, 0.5) is 4.79 Å². The zero-order valence-electron chi connectivity index (χ0n) is 8.36. The molecule has 0 bridgehead atoms. The molecule has 1 atom stereocenters. The minimum atomic E-state index is 0.0657. The molecular weight excluding hydrogens is 168 g/mol. The molecule has 0 spiro atoms. The third kappa shape index (κ3) is 2.34. The van der Waals surface area contributed by atoms with Gasteiger partial charge in [0.1, 0.15) is 0 Å². The summed E-state index contributed by atoms with van der Waals surface area (Å²) in [6, 6.07) is 0.316. The molecule has 0 aromatic carbocycles. The number of urea groups is 1. The van der Waals surface area contributed by atoms with Crippen LogP contribution in [0.2, 0.25) is 0 Å². The van der Waals surface area contributed by atoms with Gasteiger partial charge in [0.15, 0.2) is 0 Å². The van der Waals surface area contributed by atoms with Crippen LogP contribution in [0.15, 0.2) is 0 Å². The van der Waals surface area contributed by atoms with Gasteiger partial charge in [-0.3, -0.25) is 0 Å². The van der Waals surface area contributed by atoms with Gasteiger partial charge in [0, 0.05) is 33.3 Å². The van der Waals surface area contributed by atoms with Crippen molar-refractivity contribution < 1.29 is 9.90 Å².